The maximum atomic E-state index is 2.40. The van der Waals surface area contributed by atoms with E-state index >= 15 is 0 Å². The normalized spacial score (nSPS) is 45.8. The number of hydrogen-bond acceptors (Lipinski definition) is 0. The Morgan fingerprint density at radius 2 is 1.91 bits per heavy atom. The minimum Gasteiger partial charge on any atom is -0.326 e. The third-order valence-corrected chi connectivity index (χ3v) is 3.59. The quantitative estimate of drug-likeness (QED) is 0.510. The van der Waals surface area contributed by atoms with Crippen molar-refractivity contribution in [3.8, 4) is 0 Å². The van der Waals surface area contributed by atoms with E-state index in [-0.39, 0.29) is 0 Å². The van der Waals surface area contributed by atoms with Gasteiger partial charge >= 0.3 is 0 Å². The standard InChI is InChI=1S/C10H22N/c1-5-11(4)7-6-9(2)10(3)8-11/h9-10H,5-8H2,1-4H3/q+1. The van der Waals surface area contributed by atoms with Gasteiger partial charge in [-0.05, 0) is 19.3 Å². The highest BCUT2D eigenvalue weighted by Crippen LogP contribution is 2.26. The van der Waals surface area contributed by atoms with Gasteiger partial charge in [0.25, 0.3) is 0 Å². The molecule has 1 heterocycles. The summed E-state index contributed by atoms with van der Waals surface area (Å²) < 4.78 is 1.30. The van der Waals surface area contributed by atoms with Crippen LogP contribution in [0.25, 0.3) is 0 Å². The predicted octanol–water partition coefficient (Wildman–Crippen LogP) is 2.13. The number of hydrogen-bond donors (Lipinski definition) is 0. The Bertz CT molecular complexity index is 133. The fourth-order valence-electron chi connectivity index (χ4n) is 2.05. The summed E-state index contributed by atoms with van der Waals surface area (Å²) >= 11 is 0. The molecule has 0 amide bonds. The minimum atomic E-state index is 0.925. The van der Waals surface area contributed by atoms with Crippen LogP contribution in [0.5, 0.6) is 0 Å². The maximum absolute atomic E-state index is 2.40. The Morgan fingerprint density at radius 1 is 1.27 bits per heavy atom. The summed E-state index contributed by atoms with van der Waals surface area (Å²) in [6.07, 6.45) is 1.42. The molecule has 1 saturated heterocycles. The topological polar surface area (TPSA) is 0 Å². The molecule has 1 fully saturated rings. The molecular formula is C10H22N+. The van der Waals surface area contributed by atoms with Gasteiger partial charge in [0.2, 0.25) is 0 Å². The molecule has 1 aliphatic rings. The third-order valence-electron chi connectivity index (χ3n) is 3.59. The van der Waals surface area contributed by atoms with Gasteiger partial charge in [0, 0.05) is 5.92 Å². The zero-order chi connectivity index (χ0) is 8.48. The van der Waals surface area contributed by atoms with Gasteiger partial charge in [-0.15, -0.1) is 0 Å². The number of quaternary nitrogens is 1. The van der Waals surface area contributed by atoms with Crippen molar-refractivity contribution >= 4 is 0 Å². The molecule has 0 aromatic rings. The molecule has 0 aliphatic carbocycles. The summed E-state index contributed by atoms with van der Waals surface area (Å²) in [5, 5.41) is 0. The Balaban J connectivity index is 2.51. The fourth-order valence-corrected chi connectivity index (χ4v) is 2.05. The maximum Gasteiger partial charge on any atom is 0.0813 e. The molecule has 1 aliphatic heterocycles. The molecule has 0 radical (unpaired) electrons. The van der Waals surface area contributed by atoms with Gasteiger partial charge in [0.1, 0.15) is 0 Å². The van der Waals surface area contributed by atoms with E-state index in [4.69, 9.17) is 0 Å². The predicted molar refractivity (Wildman–Crippen MR) is 49.4 cm³/mol. The number of rotatable bonds is 1. The van der Waals surface area contributed by atoms with E-state index in [9.17, 15) is 0 Å². The first-order valence-corrected chi connectivity index (χ1v) is 4.91. The van der Waals surface area contributed by atoms with Crippen molar-refractivity contribution in [1.29, 1.82) is 0 Å². The van der Waals surface area contributed by atoms with Gasteiger partial charge in [-0.2, -0.15) is 0 Å². The minimum absolute atomic E-state index is 0.925. The van der Waals surface area contributed by atoms with Gasteiger partial charge in [-0.25, -0.2) is 0 Å². The summed E-state index contributed by atoms with van der Waals surface area (Å²) in [5.74, 6) is 1.88. The summed E-state index contributed by atoms with van der Waals surface area (Å²) in [7, 11) is 2.39. The second-order valence-electron chi connectivity index (χ2n) is 4.59. The van der Waals surface area contributed by atoms with Crippen molar-refractivity contribution in [3.63, 3.8) is 0 Å². The molecule has 0 N–H and O–H groups in total. The average Bonchev–Trinajstić information content (AvgIpc) is 1.98. The van der Waals surface area contributed by atoms with Crippen molar-refractivity contribution in [2.45, 2.75) is 27.2 Å². The first-order valence-electron chi connectivity index (χ1n) is 4.91. The van der Waals surface area contributed by atoms with Gasteiger partial charge in [0.15, 0.2) is 0 Å². The first kappa shape index (κ1) is 9.05. The van der Waals surface area contributed by atoms with Gasteiger partial charge in [-0.1, -0.05) is 13.8 Å². The van der Waals surface area contributed by atoms with Crippen LogP contribution < -0.4 is 0 Å². The van der Waals surface area contributed by atoms with E-state index in [0.29, 0.717) is 0 Å². The first-order chi connectivity index (χ1) is 5.07. The Kier molecular flexibility index (Phi) is 2.58. The number of nitrogens with zero attached hydrogens (tertiary/aromatic N) is 1. The van der Waals surface area contributed by atoms with Crippen LogP contribution >= 0.6 is 0 Å². The molecule has 0 spiro atoms. The van der Waals surface area contributed by atoms with E-state index in [1.54, 1.807) is 0 Å². The van der Waals surface area contributed by atoms with Crippen LogP contribution in [0, 0.1) is 11.8 Å². The van der Waals surface area contributed by atoms with Crippen LogP contribution in [0.15, 0.2) is 0 Å². The second-order valence-corrected chi connectivity index (χ2v) is 4.59. The van der Waals surface area contributed by atoms with Crippen molar-refractivity contribution in [3.05, 3.63) is 0 Å². The highest BCUT2D eigenvalue weighted by atomic mass is 15.3. The average molecular weight is 156 g/mol. The molecule has 0 bridgehead atoms. The fraction of sp³-hybridized carbons (Fsp3) is 1.00. The molecule has 11 heavy (non-hydrogen) atoms. The molecule has 0 saturated carbocycles. The highest BCUT2D eigenvalue weighted by molar-refractivity contribution is 4.66. The number of piperidine rings is 1. The molecule has 0 aromatic carbocycles. The molecule has 3 atom stereocenters. The van der Waals surface area contributed by atoms with Crippen molar-refractivity contribution in [2.24, 2.45) is 11.8 Å². The van der Waals surface area contributed by atoms with Crippen molar-refractivity contribution in [1.82, 2.24) is 0 Å². The molecule has 3 unspecified atom stereocenters. The number of likely N-dealkylation sites (tertiary alicyclic amines) is 1. The van der Waals surface area contributed by atoms with Crippen molar-refractivity contribution < 1.29 is 4.48 Å². The molecular weight excluding hydrogens is 134 g/mol. The van der Waals surface area contributed by atoms with Crippen LogP contribution in [-0.2, 0) is 0 Å². The molecule has 0 aromatic heterocycles. The van der Waals surface area contributed by atoms with Crippen LogP contribution in [0.1, 0.15) is 27.2 Å². The molecule has 66 valence electrons. The summed E-state index contributed by atoms with van der Waals surface area (Å²) in [6.45, 7) is 11.2. The van der Waals surface area contributed by atoms with E-state index in [1.807, 2.05) is 0 Å². The van der Waals surface area contributed by atoms with E-state index in [2.05, 4.69) is 27.8 Å². The van der Waals surface area contributed by atoms with Gasteiger partial charge < -0.3 is 4.48 Å². The van der Waals surface area contributed by atoms with Crippen molar-refractivity contribution in [2.75, 3.05) is 26.7 Å². The molecule has 1 heteroatoms. The summed E-state index contributed by atoms with van der Waals surface area (Å²) in [5.41, 5.74) is 0. The Hall–Kier alpha value is -0.0400. The zero-order valence-corrected chi connectivity index (χ0v) is 8.43. The van der Waals surface area contributed by atoms with Crippen LogP contribution in [-0.4, -0.2) is 31.2 Å². The van der Waals surface area contributed by atoms with Crippen LogP contribution in [0.4, 0.5) is 0 Å². The van der Waals surface area contributed by atoms with Crippen LogP contribution in [0.2, 0.25) is 0 Å². The zero-order valence-electron chi connectivity index (χ0n) is 8.43. The monoisotopic (exact) mass is 156 g/mol. The largest absolute Gasteiger partial charge is 0.326 e. The lowest BCUT2D eigenvalue weighted by Gasteiger charge is -2.42. The van der Waals surface area contributed by atoms with Crippen LogP contribution in [0.3, 0.4) is 0 Å². The van der Waals surface area contributed by atoms with Gasteiger partial charge in [-0.3, -0.25) is 0 Å². The van der Waals surface area contributed by atoms with E-state index < -0.39 is 0 Å². The summed E-state index contributed by atoms with van der Waals surface area (Å²) in [6, 6.07) is 0. The van der Waals surface area contributed by atoms with E-state index in [1.165, 1.54) is 30.5 Å². The second kappa shape index (κ2) is 3.14. The molecule has 1 rings (SSSR count). The Labute approximate surface area is 71.0 Å². The van der Waals surface area contributed by atoms with Gasteiger partial charge in [0.05, 0.1) is 26.7 Å². The lowest BCUT2D eigenvalue weighted by molar-refractivity contribution is -0.917. The highest BCUT2D eigenvalue weighted by Gasteiger charge is 2.31. The Morgan fingerprint density at radius 3 is 2.36 bits per heavy atom. The lowest BCUT2D eigenvalue weighted by Crippen LogP contribution is -2.52. The molecule has 1 nitrogen and oxygen atoms in total. The summed E-state index contributed by atoms with van der Waals surface area (Å²) in [4.78, 5) is 0. The lowest BCUT2D eigenvalue weighted by atomic mass is 9.87. The smallest absolute Gasteiger partial charge is 0.0813 e. The van der Waals surface area contributed by atoms with E-state index in [0.717, 1.165) is 11.8 Å². The SMILES string of the molecule is CC[N+]1(C)CCC(C)C(C)C1. The third kappa shape index (κ3) is 1.96.